The lowest BCUT2D eigenvalue weighted by atomic mass is 10.1. The van der Waals surface area contributed by atoms with Crippen LogP contribution in [0.5, 0.6) is 0 Å². The maximum Gasteiger partial charge on any atom is 0.325 e. The Morgan fingerprint density at radius 2 is 2.03 bits per heavy atom. The van der Waals surface area contributed by atoms with Crippen molar-refractivity contribution >= 4 is 40.9 Å². The number of nitrogens with two attached hydrogens (primary N) is 1. The van der Waals surface area contributed by atoms with Crippen LogP contribution < -0.4 is 10.6 Å². The maximum atomic E-state index is 11.6. The van der Waals surface area contributed by atoms with Crippen LogP contribution in [0.3, 0.4) is 0 Å². The number of ether oxygens (including phenoxy) is 1. The summed E-state index contributed by atoms with van der Waals surface area (Å²) in [5.41, 5.74) is 6.04. The first kappa shape index (κ1) is 22.4. The van der Waals surface area contributed by atoms with Crippen molar-refractivity contribution in [3.8, 4) is 0 Å². The predicted molar refractivity (Wildman–Crippen MR) is 89.9 cm³/mol. The second-order valence-electron chi connectivity index (χ2n) is 6.04. The van der Waals surface area contributed by atoms with Gasteiger partial charge in [0, 0.05) is 0 Å². The second kappa shape index (κ2) is 8.12. The van der Waals surface area contributed by atoms with Crippen molar-refractivity contribution in [2.75, 3.05) is 18.1 Å². The summed E-state index contributed by atoms with van der Waals surface area (Å²) < 4.78 is 57.8. The van der Waals surface area contributed by atoms with Gasteiger partial charge in [0.25, 0.3) is 0 Å². The first-order valence-corrected chi connectivity index (χ1v) is 11.0. The molecule has 1 saturated heterocycles. The van der Waals surface area contributed by atoms with Crippen LogP contribution in [0.1, 0.15) is 6.23 Å². The molecule has 3 heterocycles. The van der Waals surface area contributed by atoms with E-state index in [4.69, 9.17) is 10.5 Å². The van der Waals surface area contributed by atoms with Gasteiger partial charge in [-0.25, -0.2) is 23.4 Å². The zero-order valence-electron chi connectivity index (χ0n) is 14.7. The van der Waals surface area contributed by atoms with E-state index < -0.39 is 60.8 Å². The number of nitrogen functional groups attached to an aromatic ring is 1. The van der Waals surface area contributed by atoms with E-state index in [9.17, 15) is 37.4 Å². The standard InChI is InChI=1S/C12H16N5O11PS/c13-10-7-11(15-3-14-10)17(4-16-7)12-9(20)8(19)5(27-12)1-26-29(21,22)28-6(18)2-30(23,24)25/h3-5,8-9,12,19-20H,1-2H2,(H,21,22)(H2,13,14,15)(H,23,24,25)/p-2/t5-,8-,9-,12-/m1/s1. The molecule has 0 saturated carbocycles. The van der Waals surface area contributed by atoms with Crippen molar-refractivity contribution in [1.29, 1.82) is 0 Å². The minimum atomic E-state index is -5.39. The lowest BCUT2D eigenvalue weighted by Crippen LogP contribution is -2.34. The number of aliphatic hydroxyl groups excluding tert-OH is 2. The van der Waals surface area contributed by atoms with Crippen LogP contribution >= 0.6 is 7.82 Å². The molecule has 30 heavy (non-hydrogen) atoms. The van der Waals surface area contributed by atoms with Gasteiger partial charge in [0.1, 0.15) is 46.0 Å². The van der Waals surface area contributed by atoms with Crippen molar-refractivity contribution in [2.24, 2.45) is 0 Å². The number of hydrogen-bond donors (Lipinski definition) is 3. The zero-order chi connectivity index (χ0) is 22.3. The highest BCUT2D eigenvalue weighted by atomic mass is 32.2. The Kier molecular flexibility index (Phi) is 6.08. The van der Waals surface area contributed by atoms with Gasteiger partial charge < -0.3 is 39.2 Å². The molecule has 1 fully saturated rings. The number of hydrogen-bond acceptors (Lipinski definition) is 15. The van der Waals surface area contributed by atoms with Crippen LogP contribution in [0, 0.1) is 0 Å². The van der Waals surface area contributed by atoms with Gasteiger partial charge in [-0.3, -0.25) is 13.9 Å². The molecular weight excluding hydrogens is 453 g/mol. The number of aliphatic hydroxyl groups is 2. The molecule has 1 unspecified atom stereocenters. The number of anilines is 1. The van der Waals surface area contributed by atoms with Gasteiger partial charge >= 0.3 is 13.8 Å². The molecule has 0 radical (unpaired) electrons. The molecule has 0 aromatic carbocycles. The molecule has 1 aliphatic heterocycles. The van der Waals surface area contributed by atoms with Crippen molar-refractivity contribution in [2.45, 2.75) is 24.5 Å². The van der Waals surface area contributed by atoms with Crippen LogP contribution in [0.25, 0.3) is 11.2 Å². The molecule has 2 aromatic heterocycles. The van der Waals surface area contributed by atoms with Gasteiger partial charge in [-0.15, -0.1) is 0 Å². The number of nitrogens with zero attached hydrogens (tertiary/aromatic N) is 4. The minimum absolute atomic E-state index is 0.0564. The number of aromatic nitrogens is 4. The summed E-state index contributed by atoms with van der Waals surface area (Å²) in [5, 5.41) is 20.4. The number of fused-ring (bicyclic) bond motifs is 1. The average molecular weight is 467 g/mol. The highest BCUT2D eigenvalue weighted by molar-refractivity contribution is 7.86. The van der Waals surface area contributed by atoms with E-state index >= 15 is 0 Å². The van der Waals surface area contributed by atoms with Crippen LogP contribution in [0.15, 0.2) is 12.7 Å². The fourth-order valence-corrected chi connectivity index (χ4v) is 3.77. The quantitative estimate of drug-likeness (QED) is 0.265. The normalized spacial score (nSPS) is 26.5. The van der Waals surface area contributed by atoms with Gasteiger partial charge in [-0.1, -0.05) is 0 Å². The van der Waals surface area contributed by atoms with Gasteiger partial charge in [0.15, 0.2) is 17.7 Å². The fraction of sp³-hybridized carbons (Fsp3) is 0.500. The molecule has 2 aromatic rings. The fourth-order valence-electron chi connectivity index (χ4n) is 2.64. The van der Waals surface area contributed by atoms with Crippen molar-refractivity contribution in [1.82, 2.24) is 19.5 Å². The number of carbonyl (C=O) groups is 1. The highest BCUT2D eigenvalue weighted by Crippen LogP contribution is 2.40. The molecule has 0 spiro atoms. The van der Waals surface area contributed by atoms with E-state index in [1.165, 1.54) is 10.9 Å². The molecule has 18 heteroatoms. The second-order valence-corrected chi connectivity index (χ2v) is 8.78. The third-order valence-corrected chi connectivity index (χ3v) is 5.39. The lowest BCUT2D eigenvalue weighted by molar-refractivity contribution is -0.227. The van der Waals surface area contributed by atoms with Crippen LogP contribution in [0.2, 0.25) is 0 Å². The van der Waals surface area contributed by atoms with Gasteiger partial charge in [-0.2, -0.15) is 0 Å². The molecule has 0 amide bonds. The Hall–Kier alpha value is -2.24. The molecular formula is C12H14N5O11PS-2. The molecule has 1 aliphatic rings. The Morgan fingerprint density at radius 3 is 2.70 bits per heavy atom. The summed E-state index contributed by atoms with van der Waals surface area (Å²) in [4.78, 5) is 34.4. The topological polar surface area (TPSA) is 252 Å². The number of phosphoric ester groups is 1. The first-order valence-electron chi connectivity index (χ1n) is 7.94. The van der Waals surface area contributed by atoms with Crippen LogP contribution in [-0.4, -0.2) is 79.3 Å². The van der Waals surface area contributed by atoms with Crippen LogP contribution in [-0.2, 0) is 33.3 Å². The summed E-state index contributed by atoms with van der Waals surface area (Å²) in [5.74, 6) is -3.53. The van der Waals surface area contributed by atoms with Crippen molar-refractivity contribution < 1.29 is 51.2 Å². The maximum absolute atomic E-state index is 11.6. The summed E-state index contributed by atoms with van der Waals surface area (Å²) in [7, 11) is -10.5. The Labute approximate surface area is 167 Å². The Balaban J connectivity index is 1.67. The van der Waals surface area contributed by atoms with Gasteiger partial charge in [0.2, 0.25) is 0 Å². The van der Waals surface area contributed by atoms with Crippen LogP contribution in [0.4, 0.5) is 5.82 Å². The molecule has 5 atom stereocenters. The number of imidazole rings is 1. The molecule has 0 aliphatic carbocycles. The van der Waals surface area contributed by atoms with E-state index in [1.54, 1.807) is 0 Å². The first-order chi connectivity index (χ1) is 13.9. The van der Waals surface area contributed by atoms with E-state index in [0.717, 1.165) is 6.33 Å². The minimum Gasteiger partial charge on any atom is -0.748 e. The smallest absolute Gasteiger partial charge is 0.325 e. The monoisotopic (exact) mass is 467 g/mol. The average Bonchev–Trinajstić information content (AvgIpc) is 3.14. The number of carbonyl (C=O) groups excluding carboxylic acids is 1. The van der Waals surface area contributed by atoms with E-state index in [-0.39, 0.29) is 17.0 Å². The number of rotatable bonds is 7. The summed E-state index contributed by atoms with van der Waals surface area (Å²) in [6.45, 7) is -0.906. The van der Waals surface area contributed by atoms with E-state index in [0.29, 0.717) is 0 Å². The molecule has 0 bridgehead atoms. The van der Waals surface area contributed by atoms with Gasteiger partial charge in [-0.05, 0) is 0 Å². The summed E-state index contributed by atoms with van der Waals surface area (Å²) in [6.07, 6.45) is -3.52. The molecule has 16 nitrogen and oxygen atoms in total. The zero-order valence-corrected chi connectivity index (χ0v) is 16.4. The van der Waals surface area contributed by atoms with Crippen molar-refractivity contribution in [3.63, 3.8) is 0 Å². The molecule has 3 rings (SSSR count). The predicted octanol–water partition coefficient (Wildman–Crippen LogP) is -3.40. The van der Waals surface area contributed by atoms with E-state index in [1.807, 2.05) is 0 Å². The van der Waals surface area contributed by atoms with Crippen molar-refractivity contribution in [3.05, 3.63) is 12.7 Å². The molecule has 4 N–H and O–H groups in total. The highest BCUT2D eigenvalue weighted by Gasteiger charge is 2.45. The third kappa shape index (κ3) is 4.90. The van der Waals surface area contributed by atoms with Gasteiger partial charge in [0.05, 0.1) is 12.9 Å². The number of phosphoric acid groups is 1. The Bertz CT molecular complexity index is 1110. The molecule has 166 valence electrons. The summed E-state index contributed by atoms with van der Waals surface area (Å²) >= 11 is 0. The third-order valence-electron chi connectivity index (χ3n) is 3.90. The Morgan fingerprint density at radius 1 is 1.33 bits per heavy atom. The largest absolute Gasteiger partial charge is 0.748 e. The summed E-state index contributed by atoms with van der Waals surface area (Å²) in [6, 6.07) is 0. The lowest BCUT2D eigenvalue weighted by Gasteiger charge is -2.24. The van der Waals surface area contributed by atoms with E-state index in [2.05, 4.69) is 24.0 Å². The SMILES string of the molecule is Nc1ncnc2c1ncn2[C@@H]1O[C@H](COP(=O)([O-])OC(=O)CS(=O)(=O)[O-])[C@@H](O)[C@H]1O.